The van der Waals surface area contributed by atoms with Crippen LogP contribution in [-0.4, -0.2) is 41.8 Å². The number of β-amino-alcohol motifs (C(OH)–C–C–N with tert-alkyl or cyclic N) is 1. The minimum atomic E-state index is -0.585. The van der Waals surface area contributed by atoms with E-state index >= 15 is 0 Å². The third kappa shape index (κ3) is 3.07. The zero-order chi connectivity index (χ0) is 13.1. The fourth-order valence-corrected chi connectivity index (χ4v) is 2.27. The summed E-state index contributed by atoms with van der Waals surface area (Å²) in [6, 6.07) is 6.31. The van der Waals surface area contributed by atoms with Crippen molar-refractivity contribution in [3.63, 3.8) is 0 Å². The summed E-state index contributed by atoms with van der Waals surface area (Å²) < 4.78 is 18.4. The van der Waals surface area contributed by atoms with Crippen LogP contribution < -0.4 is 0 Å². The quantitative estimate of drug-likeness (QED) is 0.894. The molecule has 1 aromatic carbocycles. The topological polar surface area (TPSA) is 32.7 Å². The summed E-state index contributed by atoms with van der Waals surface area (Å²) in [6.07, 6.45) is -0.405. The molecule has 0 amide bonds. The minimum absolute atomic E-state index is 0.180. The van der Waals surface area contributed by atoms with Gasteiger partial charge >= 0.3 is 0 Å². The van der Waals surface area contributed by atoms with Gasteiger partial charge in [-0.25, -0.2) is 4.39 Å². The molecule has 1 N–H and O–H groups in total. The highest BCUT2D eigenvalue weighted by molar-refractivity contribution is 5.18. The van der Waals surface area contributed by atoms with Gasteiger partial charge in [0.15, 0.2) is 0 Å². The first-order chi connectivity index (χ1) is 8.58. The van der Waals surface area contributed by atoms with Gasteiger partial charge in [-0.05, 0) is 31.5 Å². The molecule has 3 atom stereocenters. The lowest BCUT2D eigenvalue weighted by Gasteiger charge is -2.38. The third-order valence-corrected chi connectivity index (χ3v) is 3.68. The van der Waals surface area contributed by atoms with Gasteiger partial charge in [-0.2, -0.15) is 0 Å². The molecule has 2 rings (SSSR count). The average molecular weight is 253 g/mol. The zero-order valence-corrected chi connectivity index (χ0v) is 10.8. The van der Waals surface area contributed by atoms with Crippen molar-refractivity contribution in [1.29, 1.82) is 0 Å². The second kappa shape index (κ2) is 5.78. The van der Waals surface area contributed by atoms with Crippen molar-refractivity contribution in [3.8, 4) is 0 Å². The Balaban J connectivity index is 1.98. The van der Waals surface area contributed by atoms with Gasteiger partial charge in [0.05, 0.1) is 18.8 Å². The summed E-state index contributed by atoms with van der Waals surface area (Å²) in [7, 11) is 0. The van der Waals surface area contributed by atoms with Crippen molar-refractivity contribution in [2.24, 2.45) is 0 Å². The molecule has 1 aliphatic rings. The molecule has 0 aliphatic carbocycles. The lowest BCUT2D eigenvalue weighted by molar-refractivity contribution is -0.0673. The highest BCUT2D eigenvalue weighted by Gasteiger charge is 2.27. The number of aliphatic hydroxyl groups is 1. The monoisotopic (exact) mass is 253 g/mol. The normalized spacial score (nSPS) is 27.1. The molecule has 1 aliphatic heterocycles. The number of hydrogen-bond acceptors (Lipinski definition) is 3. The van der Waals surface area contributed by atoms with Gasteiger partial charge in [-0.3, -0.25) is 4.90 Å². The summed E-state index contributed by atoms with van der Waals surface area (Å²) in [4.78, 5) is 2.21. The van der Waals surface area contributed by atoms with E-state index in [1.54, 1.807) is 12.1 Å². The lowest BCUT2D eigenvalue weighted by Crippen LogP contribution is -2.49. The summed E-state index contributed by atoms with van der Waals surface area (Å²) >= 11 is 0. The van der Waals surface area contributed by atoms with E-state index in [-0.39, 0.29) is 18.0 Å². The summed E-state index contributed by atoms with van der Waals surface area (Å²) in [5, 5.41) is 10.2. The van der Waals surface area contributed by atoms with E-state index < -0.39 is 6.10 Å². The Morgan fingerprint density at radius 2 is 2.06 bits per heavy atom. The fraction of sp³-hybridized carbons (Fsp3) is 0.571. The van der Waals surface area contributed by atoms with Crippen molar-refractivity contribution in [2.75, 3.05) is 19.7 Å². The molecular weight excluding hydrogens is 233 g/mol. The van der Waals surface area contributed by atoms with Crippen LogP contribution in [0.1, 0.15) is 25.5 Å². The molecule has 18 heavy (non-hydrogen) atoms. The SMILES string of the molecule is CC1OCCN(CC(O)c2ccc(F)cc2)C1C. The maximum Gasteiger partial charge on any atom is 0.123 e. The number of hydrogen-bond donors (Lipinski definition) is 1. The van der Waals surface area contributed by atoms with Gasteiger partial charge in [0, 0.05) is 19.1 Å². The molecule has 4 heteroatoms. The van der Waals surface area contributed by atoms with Crippen LogP contribution in [0.4, 0.5) is 4.39 Å². The maximum absolute atomic E-state index is 12.8. The van der Waals surface area contributed by atoms with E-state index in [9.17, 15) is 9.50 Å². The first kappa shape index (κ1) is 13.5. The molecule has 1 fully saturated rings. The lowest BCUT2D eigenvalue weighted by atomic mass is 10.1. The number of aliphatic hydroxyl groups excluding tert-OH is 1. The van der Waals surface area contributed by atoms with Crippen molar-refractivity contribution in [2.45, 2.75) is 32.1 Å². The number of morpholine rings is 1. The number of rotatable bonds is 3. The van der Waals surface area contributed by atoms with Crippen molar-refractivity contribution >= 4 is 0 Å². The maximum atomic E-state index is 12.8. The number of halogens is 1. The van der Waals surface area contributed by atoms with E-state index in [1.165, 1.54) is 12.1 Å². The van der Waals surface area contributed by atoms with Gasteiger partial charge < -0.3 is 9.84 Å². The van der Waals surface area contributed by atoms with Crippen LogP contribution in [0, 0.1) is 5.82 Å². The predicted molar refractivity (Wildman–Crippen MR) is 67.8 cm³/mol. The van der Waals surface area contributed by atoms with E-state index in [2.05, 4.69) is 11.8 Å². The van der Waals surface area contributed by atoms with Gasteiger partial charge in [0.25, 0.3) is 0 Å². The highest BCUT2D eigenvalue weighted by Crippen LogP contribution is 2.19. The van der Waals surface area contributed by atoms with Crippen LogP contribution in [0.25, 0.3) is 0 Å². The highest BCUT2D eigenvalue weighted by atomic mass is 19.1. The van der Waals surface area contributed by atoms with E-state index in [0.717, 1.165) is 12.1 Å². The van der Waals surface area contributed by atoms with E-state index in [0.29, 0.717) is 13.2 Å². The van der Waals surface area contributed by atoms with Crippen LogP contribution in [-0.2, 0) is 4.74 Å². The molecule has 3 unspecified atom stereocenters. The predicted octanol–water partition coefficient (Wildman–Crippen LogP) is 1.97. The van der Waals surface area contributed by atoms with Crippen LogP contribution >= 0.6 is 0 Å². The Hall–Kier alpha value is -0.970. The summed E-state index contributed by atoms with van der Waals surface area (Å²) in [5.41, 5.74) is 0.753. The van der Waals surface area contributed by atoms with Gasteiger partial charge in [-0.15, -0.1) is 0 Å². The van der Waals surface area contributed by atoms with Crippen LogP contribution in [0.5, 0.6) is 0 Å². The molecule has 0 bridgehead atoms. The number of benzene rings is 1. The van der Waals surface area contributed by atoms with Crippen molar-refractivity contribution in [1.82, 2.24) is 4.90 Å². The molecule has 0 spiro atoms. The third-order valence-electron chi connectivity index (χ3n) is 3.68. The number of nitrogens with zero attached hydrogens (tertiary/aromatic N) is 1. The summed E-state index contributed by atoms with van der Waals surface area (Å²) in [6.45, 7) is 6.22. The van der Waals surface area contributed by atoms with Crippen LogP contribution in [0.15, 0.2) is 24.3 Å². The summed E-state index contributed by atoms with van der Waals surface area (Å²) in [5.74, 6) is -0.278. The molecule has 1 aromatic rings. The largest absolute Gasteiger partial charge is 0.387 e. The molecular formula is C14H20FNO2. The first-order valence-corrected chi connectivity index (χ1v) is 6.37. The average Bonchev–Trinajstić information content (AvgIpc) is 2.36. The molecule has 3 nitrogen and oxygen atoms in total. The molecule has 1 saturated heterocycles. The van der Waals surface area contributed by atoms with Gasteiger partial charge in [0.1, 0.15) is 5.82 Å². The van der Waals surface area contributed by atoms with Crippen LogP contribution in [0.3, 0.4) is 0 Å². The smallest absolute Gasteiger partial charge is 0.123 e. The minimum Gasteiger partial charge on any atom is -0.387 e. The molecule has 0 aromatic heterocycles. The standard InChI is InChI=1S/C14H20FNO2/c1-10-11(2)18-8-7-16(10)9-14(17)12-3-5-13(15)6-4-12/h3-6,10-11,14,17H,7-9H2,1-2H3. The number of ether oxygens (including phenoxy) is 1. The van der Waals surface area contributed by atoms with Gasteiger partial charge in [0.2, 0.25) is 0 Å². The fourth-order valence-electron chi connectivity index (χ4n) is 2.27. The Labute approximate surface area is 107 Å². The van der Waals surface area contributed by atoms with Crippen LogP contribution in [0.2, 0.25) is 0 Å². The molecule has 0 radical (unpaired) electrons. The second-order valence-electron chi connectivity index (χ2n) is 4.88. The second-order valence-corrected chi connectivity index (χ2v) is 4.88. The Bertz CT molecular complexity index is 382. The Kier molecular flexibility index (Phi) is 4.32. The molecule has 1 heterocycles. The van der Waals surface area contributed by atoms with Crippen molar-refractivity contribution < 1.29 is 14.2 Å². The Morgan fingerprint density at radius 3 is 2.72 bits per heavy atom. The Morgan fingerprint density at radius 1 is 1.39 bits per heavy atom. The van der Waals surface area contributed by atoms with E-state index in [4.69, 9.17) is 4.74 Å². The van der Waals surface area contributed by atoms with Crippen molar-refractivity contribution in [3.05, 3.63) is 35.6 Å². The molecule has 100 valence electrons. The molecule has 0 saturated carbocycles. The zero-order valence-electron chi connectivity index (χ0n) is 10.8. The van der Waals surface area contributed by atoms with Gasteiger partial charge in [-0.1, -0.05) is 12.1 Å². The first-order valence-electron chi connectivity index (χ1n) is 6.37. The van der Waals surface area contributed by atoms with E-state index in [1.807, 2.05) is 6.92 Å².